The minimum absolute atomic E-state index is 0.374. The maximum atomic E-state index is 13.0. The van der Waals surface area contributed by atoms with E-state index in [1.54, 1.807) is 12.4 Å². The van der Waals surface area contributed by atoms with E-state index in [0.717, 1.165) is 6.20 Å². The van der Waals surface area contributed by atoms with Gasteiger partial charge in [-0.05, 0) is 19.9 Å². The molecule has 16 heavy (non-hydrogen) atoms. The van der Waals surface area contributed by atoms with E-state index in [0.29, 0.717) is 17.1 Å². The molecule has 0 fully saturated rings. The van der Waals surface area contributed by atoms with Crippen LogP contribution in [0, 0.1) is 5.82 Å². The summed E-state index contributed by atoms with van der Waals surface area (Å²) < 4.78 is 13.0. The number of aromatic amines is 1. The molecule has 2 heterocycles. The smallest absolute Gasteiger partial charge is 0.142 e. The van der Waals surface area contributed by atoms with Crippen LogP contribution < -0.4 is 5.73 Å². The van der Waals surface area contributed by atoms with Crippen molar-refractivity contribution in [3.63, 3.8) is 0 Å². The van der Waals surface area contributed by atoms with Crippen LogP contribution in [0.25, 0.3) is 11.3 Å². The van der Waals surface area contributed by atoms with Crippen molar-refractivity contribution in [1.29, 1.82) is 0 Å². The van der Waals surface area contributed by atoms with Crippen LogP contribution in [0.4, 0.5) is 4.39 Å². The lowest BCUT2D eigenvalue weighted by Gasteiger charge is -2.14. The van der Waals surface area contributed by atoms with Crippen molar-refractivity contribution in [2.45, 2.75) is 19.4 Å². The van der Waals surface area contributed by atoms with Gasteiger partial charge in [-0.15, -0.1) is 0 Å². The monoisotopic (exact) mass is 220 g/mol. The van der Waals surface area contributed by atoms with Crippen LogP contribution in [0.5, 0.6) is 0 Å². The molecular formula is C11H13FN4. The molecule has 0 saturated carbocycles. The predicted octanol–water partition coefficient (Wildman–Crippen LogP) is 1.80. The SMILES string of the molecule is CC(C)(N)c1ncc(-c2cncc(F)c2)[nH]1. The minimum atomic E-state index is -0.543. The second-order valence-corrected chi connectivity index (χ2v) is 4.26. The third kappa shape index (κ3) is 2.09. The zero-order chi connectivity index (χ0) is 11.8. The summed E-state index contributed by atoms with van der Waals surface area (Å²) in [5.74, 6) is 0.285. The fourth-order valence-corrected chi connectivity index (χ4v) is 1.35. The number of imidazole rings is 1. The van der Waals surface area contributed by atoms with Gasteiger partial charge in [0.15, 0.2) is 0 Å². The number of nitrogens with two attached hydrogens (primary N) is 1. The first-order valence-corrected chi connectivity index (χ1v) is 4.92. The number of aromatic nitrogens is 3. The maximum absolute atomic E-state index is 13.0. The molecule has 0 aliphatic rings. The minimum Gasteiger partial charge on any atom is -0.340 e. The Morgan fingerprint density at radius 3 is 2.62 bits per heavy atom. The van der Waals surface area contributed by atoms with Gasteiger partial charge in [0.05, 0.1) is 23.6 Å². The average Bonchev–Trinajstić information content (AvgIpc) is 2.65. The molecule has 0 bridgehead atoms. The van der Waals surface area contributed by atoms with Gasteiger partial charge in [-0.1, -0.05) is 0 Å². The number of halogens is 1. The van der Waals surface area contributed by atoms with Crippen LogP contribution >= 0.6 is 0 Å². The molecule has 0 atom stereocenters. The van der Waals surface area contributed by atoms with E-state index in [2.05, 4.69) is 15.0 Å². The van der Waals surface area contributed by atoms with Gasteiger partial charge in [0.1, 0.15) is 11.6 Å². The Morgan fingerprint density at radius 1 is 1.31 bits per heavy atom. The number of hydrogen-bond acceptors (Lipinski definition) is 3. The molecule has 0 aromatic carbocycles. The van der Waals surface area contributed by atoms with Crippen LogP contribution in [0.2, 0.25) is 0 Å². The lowest BCUT2D eigenvalue weighted by atomic mass is 10.1. The van der Waals surface area contributed by atoms with Crippen molar-refractivity contribution < 1.29 is 4.39 Å². The van der Waals surface area contributed by atoms with Gasteiger partial charge in [0.25, 0.3) is 0 Å². The zero-order valence-electron chi connectivity index (χ0n) is 9.16. The van der Waals surface area contributed by atoms with Crippen LogP contribution in [0.3, 0.4) is 0 Å². The number of nitrogens with one attached hydrogen (secondary N) is 1. The highest BCUT2D eigenvalue weighted by Gasteiger charge is 2.18. The molecule has 0 spiro atoms. The summed E-state index contributed by atoms with van der Waals surface area (Å²) in [6, 6.07) is 1.40. The van der Waals surface area contributed by atoms with Crippen LogP contribution in [0.15, 0.2) is 24.7 Å². The summed E-state index contributed by atoms with van der Waals surface area (Å²) in [6.45, 7) is 3.69. The van der Waals surface area contributed by atoms with E-state index in [4.69, 9.17) is 5.73 Å². The van der Waals surface area contributed by atoms with E-state index < -0.39 is 5.54 Å². The van der Waals surface area contributed by atoms with E-state index in [9.17, 15) is 4.39 Å². The fraction of sp³-hybridized carbons (Fsp3) is 0.273. The highest BCUT2D eigenvalue weighted by molar-refractivity contribution is 5.57. The topological polar surface area (TPSA) is 67.6 Å². The third-order valence-corrected chi connectivity index (χ3v) is 2.20. The lowest BCUT2D eigenvalue weighted by Crippen LogP contribution is -2.30. The number of pyridine rings is 1. The average molecular weight is 220 g/mol. The Morgan fingerprint density at radius 2 is 2.06 bits per heavy atom. The Hall–Kier alpha value is -1.75. The molecule has 0 aliphatic heterocycles. The number of H-pyrrole nitrogens is 1. The third-order valence-electron chi connectivity index (χ3n) is 2.20. The highest BCUT2D eigenvalue weighted by atomic mass is 19.1. The molecule has 84 valence electrons. The standard InChI is InChI=1S/C11H13FN4/c1-11(2,13)10-15-6-9(16-10)7-3-8(12)5-14-4-7/h3-6H,13H2,1-2H3,(H,15,16). The molecule has 4 nitrogen and oxygen atoms in total. The first-order chi connectivity index (χ1) is 7.47. The quantitative estimate of drug-likeness (QED) is 0.811. The highest BCUT2D eigenvalue weighted by Crippen LogP contribution is 2.20. The molecule has 0 radical (unpaired) electrons. The summed E-state index contributed by atoms with van der Waals surface area (Å²) in [5, 5.41) is 0. The predicted molar refractivity (Wildman–Crippen MR) is 59.0 cm³/mol. The second-order valence-electron chi connectivity index (χ2n) is 4.26. The van der Waals surface area contributed by atoms with E-state index >= 15 is 0 Å². The second kappa shape index (κ2) is 3.68. The number of rotatable bonds is 2. The van der Waals surface area contributed by atoms with Crippen molar-refractivity contribution in [2.24, 2.45) is 5.73 Å². The molecule has 2 aromatic heterocycles. The van der Waals surface area contributed by atoms with Crippen molar-refractivity contribution in [3.8, 4) is 11.3 Å². The number of nitrogens with zero attached hydrogens (tertiary/aromatic N) is 2. The van der Waals surface area contributed by atoms with Gasteiger partial charge in [0.2, 0.25) is 0 Å². The van der Waals surface area contributed by atoms with Gasteiger partial charge in [-0.3, -0.25) is 4.98 Å². The largest absolute Gasteiger partial charge is 0.340 e. The zero-order valence-corrected chi connectivity index (χ0v) is 9.16. The van der Waals surface area contributed by atoms with Crippen LogP contribution in [-0.2, 0) is 5.54 Å². The summed E-state index contributed by atoms with van der Waals surface area (Å²) in [5.41, 5.74) is 6.72. The first-order valence-electron chi connectivity index (χ1n) is 4.92. The molecule has 5 heteroatoms. The molecule has 0 amide bonds. The van der Waals surface area contributed by atoms with Gasteiger partial charge < -0.3 is 10.7 Å². The first kappa shape index (κ1) is 10.8. The van der Waals surface area contributed by atoms with Gasteiger partial charge in [-0.2, -0.15) is 0 Å². The van der Waals surface area contributed by atoms with Crippen LogP contribution in [-0.4, -0.2) is 15.0 Å². The van der Waals surface area contributed by atoms with Crippen molar-refractivity contribution in [3.05, 3.63) is 36.3 Å². The Balaban J connectivity index is 2.39. The molecule has 2 rings (SSSR count). The molecule has 0 saturated heterocycles. The summed E-state index contributed by atoms with van der Waals surface area (Å²) in [7, 11) is 0. The molecule has 3 N–H and O–H groups in total. The van der Waals surface area contributed by atoms with Gasteiger partial charge >= 0.3 is 0 Å². The van der Waals surface area contributed by atoms with Crippen molar-refractivity contribution in [1.82, 2.24) is 15.0 Å². The molecule has 2 aromatic rings. The summed E-state index contributed by atoms with van der Waals surface area (Å²) in [6.07, 6.45) is 4.36. The van der Waals surface area contributed by atoms with Gasteiger partial charge in [0, 0.05) is 11.8 Å². The molecule has 0 unspecified atom stereocenters. The lowest BCUT2D eigenvalue weighted by molar-refractivity contribution is 0.520. The van der Waals surface area contributed by atoms with E-state index in [1.165, 1.54) is 6.07 Å². The van der Waals surface area contributed by atoms with Crippen LogP contribution in [0.1, 0.15) is 19.7 Å². The van der Waals surface area contributed by atoms with E-state index in [-0.39, 0.29) is 5.82 Å². The Kier molecular flexibility index (Phi) is 2.47. The summed E-state index contributed by atoms with van der Waals surface area (Å²) in [4.78, 5) is 11.0. The van der Waals surface area contributed by atoms with E-state index in [1.807, 2.05) is 13.8 Å². The summed E-state index contributed by atoms with van der Waals surface area (Å²) >= 11 is 0. The maximum Gasteiger partial charge on any atom is 0.142 e. The number of hydrogen-bond donors (Lipinski definition) is 2. The molecular weight excluding hydrogens is 207 g/mol. The normalized spacial score (nSPS) is 11.8. The molecule has 0 aliphatic carbocycles. The van der Waals surface area contributed by atoms with Crippen molar-refractivity contribution in [2.75, 3.05) is 0 Å². The Labute approximate surface area is 92.7 Å². The fourth-order valence-electron chi connectivity index (χ4n) is 1.35. The van der Waals surface area contributed by atoms with Crippen molar-refractivity contribution >= 4 is 0 Å². The Bertz CT molecular complexity index is 499. The van der Waals surface area contributed by atoms with Gasteiger partial charge in [-0.25, -0.2) is 9.37 Å².